The van der Waals surface area contributed by atoms with Gasteiger partial charge in [0.2, 0.25) is 0 Å². The Balaban J connectivity index is 0.000000954. The molecule has 8 heteroatoms. The minimum atomic E-state index is -1.26. The number of aliphatic hydroxyl groups excluding tert-OH is 2. The van der Waals surface area contributed by atoms with Crippen LogP contribution in [0.5, 0.6) is 0 Å². The number of rotatable bonds is 13. The van der Waals surface area contributed by atoms with E-state index in [1.807, 2.05) is 11.4 Å². The molecule has 1 aromatic heterocycles. The van der Waals surface area contributed by atoms with Gasteiger partial charge < -0.3 is 26.2 Å². The van der Waals surface area contributed by atoms with Crippen molar-refractivity contribution in [3.63, 3.8) is 0 Å². The lowest BCUT2D eigenvalue weighted by atomic mass is 10.1. The van der Waals surface area contributed by atoms with Crippen molar-refractivity contribution in [1.29, 1.82) is 0 Å². The monoisotopic (exact) mass is 453 g/mol. The molecule has 0 fully saturated rings. The number of unbranched alkanes of at least 4 members (excludes halogenated alkanes) is 8. The number of hydrogen-bond acceptors (Lipinski definition) is 6. The van der Waals surface area contributed by atoms with Crippen LogP contribution in [0.3, 0.4) is 0 Å². The first-order valence-electron chi connectivity index (χ1n) is 10.6. The van der Waals surface area contributed by atoms with E-state index in [1.54, 1.807) is 0 Å². The summed E-state index contributed by atoms with van der Waals surface area (Å²) in [6.45, 7) is 2.02. The van der Waals surface area contributed by atoms with Crippen molar-refractivity contribution in [1.82, 2.24) is 0 Å². The number of aliphatic carboxylic acids is 2. The molecule has 1 heterocycles. The second kappa shape index (κ2) is 18.6. The Labute approximate surface area is 188 Å². The number of nitrogens with two attached hydrogens (primary N) is 1. The molecule has 0 saturated heterocycles. The minimum Gasteiger partial charge on any atom is -0.478 e. The van der Waals surface area contributed by atoms with E-state index in [9.17, 15) is 14.7 Å². The van der Waals surface area contributed by atoms with E-state index in [1.165, 1.54) is 56.3 Å². The molecule has 0 spiro atoms. The maximum absolute atomic E-state index is 9.93. The van der Waals surface area contributed by atoms with E-state index < -0.39 is 24.1 Å². The summed E-state index contributed by atoms with van der Waals surface area (Å²) in [5, 5.41) is 36.5. The average Bonchev–Trinajstić information content (AvgIpc) is 3.21. The number of carboxylic acids is 2. The van der Waals surface area contributed by atoms with E-state index in [4.69, 9.17) is 21.1 Å². The number of hydrogen-bond donors (Lipinski definition) is 5. The van der Waals surface area contributed by atoms with E-state index in [0.717, 1.165) is 23.3 Å². The molecule has 0 radical (unpaired) electrons. The van der Waals surface area contributed by atoms with Gasteiger partial charge in [-0.05, 0) is 12.5 Å². The SMILES string of the molecule is CCCCCCCCCCC#Cc1csc(C(O)[C@@H](N)CO)c1.O=C(O)C=CC(=O)O. The lowest BCUT2D eigenvalue weighted by Gasteiger charge is -2.14. The highest BCUT2D eigenvalue weighted by Crippen LogP contribution is 2.23. The number of carboxylic acid groups (broad SMARTS) is 2. The van der Waals surface area contributed by atoms with Crippen molar-refractivity contribution < 1.29 is 30.0 Å². The predicted octanol–water partition coefficient (Wildman–Crippen LogP) is 3.70. The summed E-state index contributed by atoms with van der Waals surface area (Å²) in [4.78, 5) is 19.9. The summed E-state index contributed by atoms with van der Waals surface area (Å²) < 4.78 is 0. The van der Waals surface area contributed by atoms with Gasteiger partial charge in [0.05, 0.1) is 12.6 Å². The largest absolute Gasteiger partial charge is 0.478 e. The molecule has 6 N–H and O–H groups in total. The minimum absolute atomic E-state index is 0.224. The molecule has 0 bridgehead atoms. The maximum Gasteiger partial charge on any atom is 0.328 e. The zero-order valence-corrected chi connectivity index (χ0v) is 18.9. The first-order valence-corrected chi connectivity index (χ1v) is 11.5. The second-order valence-corrected chi connectivity index (χ2v) is 8.01. The van der Waals surface area contributed by atoms with Gasteiger partial charge in [-0.3, -0.25) is 0 Å². The maximum atomic E-state index is 9.93. The highest BCUT2D eigenvalue weighted by atomic mass is 32.1. The van der Waals surface area contributed by atoms with Gasteiger partial charge in [-0.2, -0.15) is 0 Å². The molecule has 7 nitrogen and oxygen atoms in total. The Morgan fingerprint density at radius 3 is 2.13 bits per heavy atom. The predicted molar refractivity (Wildman–Crippen MR) is 123 cm³/mol. The van der Waals surface area contributed by atoms with Crippen molar-refractivity contribution >= 4 is 23.3 Å². The molecule has 0 amide bonds. The van der Waals surface area contributed by atoms with Crippen molar-refractivity contribution in [3.05, 3.63) is 34.0 Å². The van der Waals surface area contributed by atoms with Crippen LogP contribution in [-0.4, -0.2) is 45.0 Å². The molecule has 1 rings (SSSR count). The van der Waals surface area contributed by atoms with Crippen molar-refractivity contribution in [3.8, 4) is 11.8 Å². The van der Waals surface area contributed by atoms with E-state index in [-0.39, 0.29) is 6.61 Å². The quantitative estimate of drug-likeness (QED) is 0.174. The van der Waals surface area contributed by atoms with Gasteiger partial charge in [0.15, 0.2) is 0 Å². The first kappa shape index (κ1) is 28.8. The summed E-state index contributed by atoms with van der Waals surface area (Å²) in [6.07, 6.45) is 11.8. The second-order valence-electron chi connectivity index (χ2n) is 7.07. The van der Waals surface area contributed by atoms with E-state index in [2.05, 4.69) is 18.8 Å². The Morgan fingerprint density at radius 2 is 1.61 bits per heavy atom. The summed E-state index contributed by atoms with van der Waals surface area (Å²) in [6, 6.07) is 1.23. The van der Waals surface area contributed by atoms with Gasteiger partial charge in [-0.25, -0.2) is 9.59 Å². The fraction of sp³-hybridized carbons (Fsp3) is 0.565. The molecule has 0 aromatic carbocycles. The topological polar surface area (TPSA) is 141 Å². The molecule has 0 aliphatic rings. The van der Waals surface area contributed by atoms with E-state index >= 15 is 0 Å². The molecule has 2 atom stereocenters. The lowest BCUT2D eigenvalue weighted by molar-refractivity contribution is -0.134. The zero-order valence-electron chi connectivity index (χ0n) is 18.1. The standard InChI is InChI=1S/C19H31NO2S.C4H4O4/c1-2-3-4-5-6-7-8-9-10-11-12-16-13-18(23-15-16)19(22)17(20)14-21;5-3(6)1-2-4(7)8/h13,15,17,19,21-22H,2-10,14,20H2,1H3;1-2H,(H,5,6)(H,7,8)/t17-,19?;/m0./s1. The Bertz CT molecular complexity index is 703. The highest BCUT2D eigenvalue weighted by molar-refractivity contribution is 7.10. The van der Waals surface area contributed by atoms with Crippen LogP contribution < -0.4 is 5.73 Å². The smallest absolute Gasteiger partial charge is 0.328 e. The van der Waals surface area contributed by atoms with Gasteiger partial charge in [0, 0.05) is 34.4 Å². The molecule has 1 unspecified atom stereocenters. The van der Waals surface area contributed by atoms with Gasteiger partial charge in [0.25, 0.3) is 0 Å². The van der Waals surface area contributed by atoms with Crippen LogP contribution >= 0.6 is 11.3 Å². The Hall–Kier alpha value is -2.18. The van der Waals surface area contributed by atoms with Gasteiger partial charge in [-0.15, -0.1) is 11.3 Å². The summed E-state index contributed by atoms with van der Waals surface area (Å²) >= 11 is 1.44. The zero-order chi connectivity index (χ0) is 23.5. The molecule has 174 valence electrons. The summed E-state index contributed by atoms with van der Waals surface area (Å²) in [5.41, 5.74) is 6.56. The van der Waals surface area contributed by atoms with Crippen LogP contribution in [0.1, 0.15) is 81.3 Å². The third kappa shape index (κ3) is 16.2. The fourth-order valence-corrected chi connectivity index (χ4v) is 3.44. The Kier molecular flexibility index (Phi) is 17.3. The van der Waals surface area contributed by atoms with Gasteiger partial charge >= 0.3 is 11.9 Å². The fourth-order valence-electron chi connectivity index (χ4n) is 2.54. The summed E-state index contributed by atoms with van der Waals surface area (Å²) in [5.74, 6) is 3.83. The van der Waals surface area contributed by atoms with Crippen LogP contribution in [0.15, 0.2) is 23.6 Å². The van der Waals surface area contributed by atoms with Crippen LogP contribution in [0, 0.1) is 11.8 Å². The first-order chi connectivity index (χ1) is 14.8. The summed E-state index contributed by atoms with van der Waals surface area (Å²) in [7, 11) is 0. The van der Waals surface area contributed by atoms with Crippen LogP contribution in [0.25, 0.3) is 0 Å². The van der Waals surface area contributed by atoms with Crippen molar-refractivity contribution in [2.24, 2.45) is 5.73 Å². The average molecular weight is 454 g/mol. The number of thiophene rings is 1. The number of carbonyl (C=O) groups is 2. The van der Waals surface area contributed by atoms with Crippen LogP contribution in [0.4, 0.5) is 0 Å². The van der Waals surface area contributed by atoms with Crippen molar-refractivity contribution in [2.75, 3.05) is 6.61 Å². The molecular weight excluding hydrogens is 418 g/mol. The normalized spacial score (nSPS) is 12.4. The van der Waals surface area contributed by atoms with E-state index in [0.29, 0.717) is 12.2 Å². The number of aliphatic hydroxyl groups is 2. The molecule has 1 aromatic rings. The Morgan fingerprint density at radius 1 is 1.06 bits per heavy atom. The third-order valence-corrected chi connectivity index (χ3v) is 5.29. The third-order valence-electron chi connectivity index (χ3n) is 4.28. The molecule has 0 saturated carbocycles. The molecule has 0 aliphatic heterocycles. The molecular formula is C23H35NO6S. The molecule has 31 heavy (non-hydrogen) atoms. The van der Waals surface area contributed by atoms with Gasteiger partial charge in [-0.1, -0.05) is 63.7 Å². The molecule has 0 aliphatic carbocycles. The van der Waals surface area contributed by atoms with Gasteiger partial charge in [0.1, 0.15) is 6.10 Å². The van der Waals surface area contributed by atoms with Crippen LogP contribution in [-0.2, 0) is 9.59 Å². The lowest BCUT2D eigenvalue weighted by Crippen LogP contribution is -2.31. The van der Waals surface area contributed by atoms with Crippen LogP contribution in [0.2, 0.25) is 0 Å². The highest BCUT2D eigenvalue weighted by Gasteiger charge is 2.17. The van der Waals surface area contributed by atoms with Crippen molar-refractivity contribution in [2.45, 2.75) is 76.9 Å².